The second kappa shape index (κ2) is 8.86. The predicted molar refractivity (Wildman–Crippen MR) is 127 cm³/mol. The lowest BCUT2D eigenvalue weighted by atomic mass is 9.92. The van der Waals surface area contributed by atoms with Crippen molar-refractivity contribution in [1.82, 2.24) is 19.9 Å². The van der Waals surface area contributed by atoms with Crippen LogP contribution in [0.4, 0.5) is 5.88 Å². The van der Waals surface area contributed by atoms with E-state index in [0.29, 0.717) is 28.4 Å². The molecule has 0 spiro atoms. The van der Waals surface area contributed by atoms with Gasteiger partial charge in [-0.2, -0.15) is 0 Å². The van der Waals surface area contributed by atoms with Gasteiger partial charge in [0.05, 0.1) is 11.4 Å². The summed E-state index contributed by atoms with van der Waals surface area (Å²) in [5, 5.41) is 16.2. The molecule has 2 aromatic carbocycles. The van der Waals surface area contributed by atoms with Crippen LogP contribution in [0, 0.1) is 0 Å². The van der Waals surface area contributed by atoms with Crippen molar-refractivity contribution in [3.05, 3.63) is 60.3 Å². The molecule has 9 nitrogen and oxygen atoms in total. The van der Waals surface area contributed by atoms with Gasteiger partial charge in [0.15, 0.2) is 22.5 Å². The Hall–Kier alpha value is -3.79. The Morgan fingerprint density at radius 1 is 1.06 bits per heavy atom. The Labute approximate surface area is 200 Å². The number of carbonyl (C=O) groups is 1. The van der Waals surface area contributed by atoms with Crippen molar-refractivity contribution in [3.63, 3.8) is 0 Å². The maximum atomic E-state index is 12.6. The van der Waals surface area contributed by atoms with Crippen LogP contribution in [0.2, 0.25) is 0 Å². The van der Waals surface area contributed by atoms with Crippen molar-refractivity contribution in [3.8, 4) is 28.6 Å². The standard InChI is InChI=1S/C24H23N5O4S/c1-24(2,3)19-12-21(33-28-19)25-20(30)13-34-23-27-26-22(29(23)16-7-5-4-6-8-16)15-9-10-17-18(11-15)32-14-31-17/h4-12H,13-14H2,1-3H3,(H,25,30). The minimum Gasteiger partial charge on any atom is -0.454 e. The molecule has 5 rings (SSSR count). The van der Waals surface area contributed by atoms with E-state index in [9.17, 15) is 4.79 Å². The van der Waals surface area contributed by atoms with Gasteiger partial charge in [-0.05, 0) is 30.3 Å². The van der Waals surface area contributed by atoms with E-state index >= 15 is 0 Å². The molecule has 1 aliphatic heterocycles. The number of ether oxygens (including phenoxy) is 2. The number of rotatable bonds is 6. The second-order valence-corrected chi connectivity index (χ2v) is 9.65. The zero-order valence-electron chi connectivity index (χ0n) is 18.9. The summed E-state index contributed by atoms with van der Waals surface area (Å²) in [6, 6.07) is 17.1. The monoisotopic (exact) mass is 477 g/mol. The topological polar surface area (TPSA) is 104 Å². The van der Waals surface area contributed by atoms with Gasteiger partial charge in [-0.3, -0.25) is 14.7 Å². The molecule has 4 aromatic rings. The van der Waals surface area contributed by atoms with Gasteiger partial charge < -0.3 is 14.0 Å². The highest BCUT2D eigenvalue weighted by Crippen LogP contribution is 2.37. The molecule has 0 radical (unpaired) electrons. The molecule has 0 bridgehead atoms. The van der Waals surface area contributed by atoms with E-state index in [-0.39, 0.29) is 23.9 Å². The molecule has 0 unspecified atom stereocenters. The molecule has 0 atom stereocenters. The van der Waals surface area contributed by atoms with Crippen LogP contribution in [-0.4, -0.2) is 38.4 Å². The summed E-state index contributed by atoms with van der Waals surface area (Å²) in [6.45, 7) is 6.28. The Kier molecular flexibility index (Phi) is 5.74. The lowest BCUT2D eigenvalue weighted by molar-refractivity contribution is -0.113. The van der Waals surface area contributed by atoms with Gasteiger partial charge >= 0.3 is 0 Å². The number of hydrogen-bond acceptors (Lipinski definition) is 8. The first-order valence-corrected chi connectivity index (χ1v) is 11.7. The Balaban J connectivity index is 1.38. The summed E-state index contributed by atoms with van der Waals surface area (Å²) in [5.41, 5.74) is 2.31. The zero-order chi connectivity index (χ0) is 23.7. The number of anilines is 1. The van der Waals surface area contributed by atoms with Crippen molar-refractivity contribution in [2.45, 2.75) is 31.3 Å². The molecule has 0 saturated heterocycles. The fourth-order valence-corrected chi connectivity index (χ4v) is 4.14. The first-order chi connectivity index (χ1) is 16.4. The maximum Gasteiger partial charge on any atom is 0.237 e. The van der Waals surface area contributed by atoms with E-state index in [1.54, 1.807) is 6.07 Å². The largest absolute Gasteiger partial charge is 0.454 e. The fourth-order valence-electron chi connectivity index (χ4n) is 3.39. The summed E-state index contributed by atoms with van der Waals surface area (Å²) in [6.07, 6.45) is 0. The van der Waals surface area contributed by atoms with E-state index in [1.165, 1.54) is 11.8 Å². The molecule has 1 aliphatic rings. The van der Waals surface area contributed by atoms with Gasteiger partial charge in [0.25, 0.3) is 0 Å². The average Bonchev–Trinajstić information content (AvgIpc) is 3.56. The van der Waals surface area contributed by atoms with Gasteiger partial charge in [-0.15, -0.1) is 10.2 Å². The lowest BCUT2D eigenvalue weighted by Gasteiger charge is -2.12. The minimum atomic E-state index is -0.228. The number of para-hydroxylation sites is 1. The van der Waals surface area contributed by atoms with Gasteiger partial charge in [0.1, 0.15) is 0 Å². The molecule has 1 amide bonds. The van der Waals surface area contributed by atoms with Gasteiger partial charge in [-0.1, -0.05) is 55.9 Å². The number of nitrogens with zero attached hydrogens (tertiary/aromatic N) is 4. The SMILES string of the molecule is CC(C)(C)c1cc(NC(=O)CSc2nnc(-c3ccc4c(c3)OCO4)n2-c2ccccc2)on1. The third-order valence-corrected chi connectivity index (χ3v) is 6.08. The third kappa shape index (κ3) is 4.49. The van der Waals surface area contributed by atoms with Crippen molar-refractivity contribution in [1.29, 1.82) is 0 Å². The first kappa shape index (κ1) is 22.0. The van der Waals surface area contributed by atoms with Crippen molar-refractivity contribution in [2.24, 2.45) is 0 Å². The summed E-state index contributed by atoms with van der Waals surface area (Å²) >= 11 is 1.28. The average molecular weight is 478 g/mol. The highest BCUT2D eigenvalue weighted by molar-refractivity contribution is 7.99. The van der Waals surface area contributed by atoms with Gasteiger partial charge in [-0.25, -0.2) is 0 Å². The molecule has 10 heteroatoms. The van der Waals surface area contributed by atoms with Crippen LogP contribution in [0.15, 0.2) is 64.3 Å². The van der Waals surface area contributed by atoms with E-state index in [1.807, 2.05) is 73.9 Å². The maximum absolute atomic E-state index is 12.6. The number of nitrogens with one attached hydrogen (secondary N) is 1. The highest BCUT2D eigenvalue weighted by Gasteiger charge is 2.22. The molecule has 1 N–H and O–H groups in total. The van der Waals surface area contributed by atoms with Crippen LogP contribution in [-0.2, 0) is 10.2 Å². The number of thioether (sulfide) groups is 1. The first-order valence-electron chi connectivity index (χ1n) is 10.7. The molecule has 0 aliphatic carbocycles. The molecule has 0 saturated carbocycles. The van der Waals surface area contributed by atoms with Crippen LogP contribution in [0.5, 0.6) is 11.5 Å². The van der Waals surface area contributed by atoms with Crippen molar-refractivity contribution >= 4 is 23.6 Å². The number of amides is 1. The molecule has 3 heterocycles. The minimum absolute atomic E-state index is 0.123. The Morgan fingerprint density at radius 2 is 1.85 bits per heavy atom. The van der Waals surface area contributed by atoms with Crippen LogP contribution < -0.4 is 14.8 Å². The second-order valence-electron chi connectivity index (χ2n) is 8.71. The molecular formula is C24H23N5O4S. The van der Waals surface area contributed by atoms with Gasteiger partial charge in [0, 0.05) is 22.7 Å². The number of fused-ring (bicyclic) bond motifs is 1. The predicted octanol–water partition coefficient (Wildman–Crippen LogP) is 4.68. The zero-order valence-corrected chi connectivity index (χ0v) is 19.8. The lowest BCUT2D eigenvalue weighted by Crippen LogP contribution is -2.14. The highest BCUT2D eigenvalue weighted by atomic mass is 32.2. The number of aromatic nitrogens is 4. The van der Waals surface area contributed by atoms with Crippen molar-refractivity contribution in [2.75, 3.05) is 17.9 Å². The summed E-state index contributed by atoms with van der Waals surface area (Å²) in [7, 11) is 0. The van der Waals surface area contributed by atoms with Crippen LogP contribution >= 0.6 is 11.8 Å². The van der Waals surface area contributed by atoms with Crippen molar-refractivity contribution < 1.29 is 18.8 Å². The van der Waals surface area contributed by atoms with E-state index in [0.717, 1.165) is 16.9 Å². The van der Waals surface area contributed by atoms with Gasteiger partial charge in [0.2, 0.25) is 18.6 Å². The third-order valence-electron chi connectivity index (χ3n) is 5.15. The number of benzene rings is 2. The summed E-state index contributed by atoms with van der Waals surface area (Å²) in [4.78, 5) is 12.6. The Morgan fingerprint density at radius 3 is 2.62 bits per heavy atom. The summed E-state index contributed by atoms with van der Waals surface area (Å²) in [5.74, 6) is 2.21. The van der Waals surface area contributed by atoms with Crippen LogP contribution in [0.3, 0.4) is 0 Å². The summed E-state index contributed by atoms with van der Waals surface area (Å²) < 4.78 is 18.1. The number of hydrogen-bond donors (Lipinski definition) is 1. The molecular weight excluding hydrogens is 454 g/mol. The molecule has 2 aromatic heterocycles. The Bertz CT molecular complexity index is 1330. The quantitative estimate of drug-likeness (QED) is 0.399. The molecule has 34 heavy (non-hydrogen) atoms. The molecule has 0 fully saturated rings. The fraction of sp³-hybridized carbons (Fsp3) is 0.250. The van der Waals surface area contributed by atoms with E-state index in [4.69, 9.17) is 14.0 Å². The smallest absolute Gasteiger partial charge is 0.237 e. The van der Waals surface area contributed by atoms with Crippen LogP contribution in [0.25, 0.3) is 17.1 Å². The number of carbonyl (C=O) groups excluding carboxylic acids is 1. The molecule has 174 valence electrons. The normalized spacial score (nSPS) is 12.7. The van der Waals surface area contributed by atoms with Crippen LogP contribution in [0.1, 0.15) is 26.5 Å². The van der Waals surface area contributed by atoms with E-state index < -0.39 is 0 Å². The van der Waals surface area contributed by atoms with E-state index in [2.05, 4.69) is 20.7 Å².